The molecule has 0 radical (unpaired) electrons. The molecule has 0 aliphatic carbocycles. The molecule has 2 rings (SSSR count). The van der Waals surface area contributed by atoms with Crippen LogP contribution in [0.2, 0.25) is 5.02 Å². The maximum Gasteiger partial charge on any atom is 0.387 e. The highest BCUT2D eigenvalue weighted by Gasteiger charge is 2.25. The minimum atomic E-state index is -4.01. The Kier molecular flexibility index (Phi) is 6.57. The van der Waals surface area contributed by atoms with E-state index in [-0.39, 0.29) is 18.0 Å². The van der Waals surface area contributed by atoms with E-state index in [1.807, 2.05) is 0 Å². The number of likely N-dealkylation sites (N-methyl/N-ethyl adjacent to an activating group) is 1. The highest BCUT2D eigenvalue weighted by atomic mass is 35.5. The molecule has 0 aliphatic rings. The van der Waals surface area contributed by atoms with E-state index in [4.69, 9.17) is 16.3 Å². The zero-order valence-corrected chi connectivity index (χ0v) is 14.8. The summed E-state index contributed by atoms with van der Waals surface area (Å²) < 4.78 is 60.7. The van der Waals surface area contributed by atoms with Crippen LogP contribution in [0.5, 0.6) is 11.5 Å². The van der Waals surface area contributed by atoms with Gasteiger partial charge in [-0.05, 0) is 30.3 Å². The Morgan fingerprint density at radius 3 is 2.56 bits per heavy atom. The van der Waals surface area contributed by atoms with Crippen molar-refractivity contribution >= 4 is 21.6 Å². The van der Waals surface area contributed by atoms with Crippen LogP contribution in [0.1, 0.15) is 0 Å². The predicted molar refractivity (Wildman–Crippen MR) is 89.8 cm³/mol. The van der Waals surface area contributed by atoms with Gasteiger partial charge in [0.2, 0.25) is 10.0 Å². The predicted octanol–water partition coefficient (Wildman–Crippen LogP) is 3.64. The Morgan fingerprint density at radius 1 is 1.16 bits per heavy atom. The number of benzene rings is 2. The van der Waals surface area contributed by atoms with Gasteiger partial charge in [-0.1, -0.05) is 29.8 Å². The Balaban J connectivity index is 2.06. The van der Waals surface area contributed by atoms with Crippen molar-refractivity contribution in [1.29, 1.82) is 0 Å². The van der Waals surface area contributed by atoms with E-state index in [0.29, 0.717) is 10.8 Å². The summed E-state index contributed by atoms with van der Waals surface area (Å²) in [6.45, 7) is -3.04. The van der Waals surface area contributed by atoms with Gasteiger partial charge in [-0.15, -0.1) is 0 Å². The largest absolute Gasteiger partial charge is 0.492 e. The lowest BCUT2D eigenvalue weighted by atomic mass is 10.3. The van der Waals surface area contributed by atoms with Gasteiger partial charge >= 0.3 is 6.61 Å². The summed E-state index contributed by atoms with van der Waals surface area (Å²) in [4.78, 5) is -0.333. The van der Waals surface area contributed by atoms with Gasteiger partial charge in [-0.3, -0.25) is 0 Å². The number of rotatable bonds is 8. The molecular weight excluding hydrogens is 376 g/mol. The minimum Gasteiger partial charge on any atom is -0.492 e. The van der Waals surface area contributed by atoms with Crippen molar-refractivity contribution in [3.05, 3.63) is 53.6 Å². The fourth-order valence-electron chi connectivity index (χ4n) is 1.99. The molecular formula is C16H16ClF2NO4S. The second-order valence-electron chi connectivity index (χ2n) is 4.96. The zero-order valence-electron chi connectivity index (χ0n) is 13.2. The van der Waals surface area contributed by atoms with Crippen LogP contribution >= 0.6 is 11.6 Å². The fraction of sp³-hybridized carbons (Fsp3) is 0.250. The van der Waals surface area contributed by atoms with E-state index in [2.05, 4.69) is 4.74 Å². The number of sulfonamides is 1. The maximum atomic E-state index is 12.6. The van der Waals surface area contributed by atoms with Crippen molar-refractivity contribution < 1.29 is 26.7 Å². The number of hydrogen-bond donors (Lipinski definition) is 0. The van der Waals surface area contributed by atoms with Crippen LogP contribution in [0.25, 0.3) is 0 Å². The smallest absolute Gasteiger partial charge is 0.387 e. The molecule has 0 unspecified atom stereocenters. The van der Waals surface area contributed by atoms with Crippen LogP contribution in [0.15, 0.2) is 53.4 Å². The molecule has 0 heterocycles. The minimum absolute atomic E-state index is 0.0118. The summed E-state index contributed by atoms with van der Waals surface area (Å²) in [5, 5.41) is 0.497. The van der Waals surface area contributed by atoms with Crippen LogP contribution in [-0.2, 0) is 10.0 Å². The van der Waals surface area contributed by atoms with Crippen LogP contribution < -0.4 is 9.47 Å². The average molecular weight is 392 g/mol. The Bertz CT molecular complexity index is 817. The summed E-state index contributed by atoms with van der Waals surface area (Å²) in [5.41, 5.74) is 0. The fourth-order valence-corrected chi connectivity index (χ4v) is 3.45. The third kappa shape index (κ3) is 5.29. The first-order chi connectivity index (χ1) is 11.8. The monoisotopic (exact) mass is 391 g/mol. The molecule has 2 aromatic carbocycles. The first kappa shape index (κ1) is 19.4. The number of hydrogen-bond acceptors (Lipinski definition) is 4. The molecule has 0 spiro atoms. The molecule has 9 heteroatoms. The molecule has 0 saturated carbocycles. The van der Waals surface area contributed by atoms with Gasteiger partial charge in [0.05, 0.1) is 0 Å². The molecule has 5 nitrogen and oxygen atoms in total. The third-order valence-electron chi connectivity index (χ3n) is 3.22. The van der Waals surface area contributed by atoms with Crippen LogP contribution in [0.4, 0.5) is 8.78 Å². The Labute approximate surface area is 149 Å². The molecule has 0 atom stereocenters. The molecule has 0 bridgehead atoms. The van der Waals surface area contributed by atoms with Gasteiger partial charge in [0.25, 0.3) is 0 Å². The Hall–Kier alpha value is -1.90. The SMILES string of the molecule is CN(CCOc1cccc(Cl)c1)S(=O)(=O)c1ccccc1OC(F)F. The van der Waals surface area contributed by atoms with E-state index in [0.717, 1.165) is 4.31 Å². The van der Waals surface area contributed by atoms with Crippen molar-refractivity contribution in [2.24, 2.45) is 0 Å². The summed E-state index contributed by atoms with van der Waals surface area (Å²) in [6, 6.07) is 11.9. The van der Waals surface area contributed by atoms with Gasteiger partial charge < -0.3 is 9.47 Å². The molecule has 2 aromatic rings. The molecule has 0 N–H and O–H groups in total. The van der Waals surface area contributed by atoms with Crippen molar-refractivity contribution in [1.82, 2.24) is 4.31 Å². The molecule has 136 valence electrons. The number of nitrogens with zero attached hydrogens (tertiary/aromatic N) is 1. The van der Waals surface area contributed by atoms with E-state index >= 15 is 0 Å². The Morgan fingerprint density at radius 2 is 1.88 bits per heavy atom. The van der Waals surface area contributed by atoms with Gasteiger partial charge in [-0.2, -0.15) is 13.1 Å². The molecule has 0 aliphatic heterocycles. The quantitative estimate of drug-likeness (QED) is 0.689. The number of alkyl halides is 2. The zero-order chi connectivity index (χ0) is 18.4. The number of para-hydroxylation sites is 1. The standard InChI is InChI=1S/C16H16ClF2NO4S/c1-20(9-10-23-13-6-4-5-12(17)11-13)25(21,22)15-8-3-2-7-14(15)24-16(18)19/h2-8,11,16H,9-10H2,1H3. The van der Waals surface area contributed by atoms with Gasteiger partial charge in [0.1, 0.15) is 23.0 Å². The lowest BCUT2D eigenvalue weighted by Crippen LogP contribution is -2.31. The number of halogens is 3. The topological polar surface area (TPSA) is 55.8 Å². The summed E-state index contributed by atoms with van der Waals surface area (Å²) in [5.74, 6) is 0.0971. The average Bonchev–Trinajstić information content (AvgIpc) is 2.54. The molecule has 25 heavy (non-hydrogen) atoms. The lowest BCUT2D eigenvalue weighted by molar-refractivity contribution is -0.0517. The molecule has 0 amide bonds. The first-order valence-corrected chi connectivity index (χ1v) is 9.01. The van der Waals surface area contributed by atoms with E-state index in [1.165, 1.54) is 31.3 Å². The van der Waals surface area contributed by atoms with Gasteiger partial charge in [0, 0.05) is 18.6 Å². The van der Waals surface area contributed by atoms with Crippen LogP contribution in [-0.4, -0.2) is 39.5 Å². The number of ether oxygens (including phenoxy) is 2. The lowest BCUT2D eigenvalue weighted by Gasteiger charge is -2.19. The highest BCUT2D eigenvalue weighted by Crippen LogP contribution is 2.27. The second-order valence-corrected chi connectivity index (χ2v) is 7.41. The molecule has 0 saturated heterocycles. The van der Waals surface area contributed by atoms with E-state index in [1.54, 1.807) is 24.3 Å². The van der Waals surface area contributed by atoms with Crippen molar-refractivity contribution in [2.45, 2.75) is 11.5 Å². The second kappa shape index (κ2) is 8.46. The van der Waals surface area contributed by atoms with E-state index < -0.39 is 22.4 Å². The van der Waals surface area contributed by atoms with Crippen molar-refractivity contribution in [2.75, 3.05) is 20.2 Å². The first-order valence-electron chi connectivity index (χ1n) is 7.19. The van der Waals surface area contributed by atoms with Gasteiger partial charge in [0.15, 0.2) is 0 Å². The highest BCUT2D eigenvalue weighted by molar-refractivity contribution is 7.89. The van der Waals surface area contributed by atoms with Crippen molar-refractivity contribution in [3.8, 4) is 11.5 Å². The molecule has 0 aromatic heterocycles. The van der Waals surface area contributed by atoms with E-state index in [9.17, 15) is 17.2 Å². The summed E-state index contributed by atoms with van der Waals surface area (Å²) >= 11 is 5.84. The van der Waals surface area contributed by atoms with Crippen LogP contribution in [0, 0.1) is 0 Å². The normalized spacial score (nSPS) is 11.8. The van der Waals surface area contributed by atoms with Crippen LogP contribution in [0.3, 0.4) is 0 Å². The summed E-state index contributed by atoms with van der Waals surface area (Å²) in [6.07, 6.45) is 0. The summed E-state index contributed by atoms with van der Waals surface area (Å²) in [7, 11) is -2.68. The molecule has 0 fully saturated rings. The van der Waals surface area contributed by atoms with Gasteiger partial charge in [-0.25, -0.2) is 8.42 Å². The third-order valence-corrected chi connectivity index (χ3v) is 5.36. The van der Waals surface area contributed by atoms with Crippen molar-refractivity contribution in [3.63, 3.8) is 0 Å². The maximum absolute atomic E-state index is 12.6.